The average molecular weight is 1020 g/mol. The SMILES string of the molecule is C=C(C(=O)SCCNC(=O)CCNC(=O)[C@H](O)C(C)(C)COP(=O)(O)OP(=O)(O)OC[C@H]1O[C@@H](n2cnc3c(N)ncnc32)[C@H](O)[C@@H]1OP(=O)(O)O)C(C(=O)O)C(O)CCCCCCCC. The molecule has 0 radical (unpaired) electrons. The number of ether oxygens (including phenoxy) is 1. The maximum atomic E-state index is 12.7. The first kappa shape index (κ1) is 57.1. The molecule has 2 aromatic rings. The number of imidazole rings is 1. The fourth-order valence-electron chi connectivity index (χ4n) is 6.34. The van der Waals surface area contributed by atoms with Crippen LogP contribution in [0.1, 0.15) is 78.4 Å². The van der Waals surface area contributed by atoms with E-state index in [1.807, 2.05) is 0 Å². The number of rotatable bonds is 30. The lowest BCUT2D eigenvalue weighted by Crippen LogP contribution is -2.46. The van der Waals surface area contributed by atoms with Gasteiger partial charge in [0.2, 0.25) is 16.9 Å². The van der Waals surface area contributed by atoms with Gasteiger partial charge in [0.05, 0.1) is 25.6 Å². The van der Waals surface area contributed by atoms with E-state index in [0.717, 1.165) is 49.3 Å². The minimum Gasteiger partial charge on any atom is -0.481 e. The summed E-state index contributed by atoms with van der Waals surface area (Å²) >= 11 is 0.705. The summed E-state index contributed by atoms with van der Waals surface area (Å²) in [6.07, 6.45) is -2.74. The Morgan fingerprint density at radius 2 is 1.64 bits per heavy atom. The molecular formula is C35H58N7O20P3S. The van der Waals surface area contributed by atoms with Gasteiger partial charge >= 0.3 is 29.4 Å². The fourth-order valence-corrected chi connectivity index (χ4v) is 9.87. The van der Waals surface area contributed by atoms with E-state index in [2.05, 4.69) is 47.9 Å². The molecule has 374 valence electrons. The second-order valence-electron chi connectivity index (χ2n) is 15.7. The summed E-state index contributed by atoms with van der Waals surface area (Å²) in [5.74, 6) is -4.50. The molecule has 27 nitrogen and oxygen atoms in total. The summed E-state index contributed by atoms with van der Waals surface area (Å²) in [6, 6.07) is 0. The van der Waals surface area contributed by atoms with Crippen LogP contribution in [0, 0.1) is 11.3 Å². The third-order valence-corrected chi connectivity index (χ3v) is 13.9. The van der Waals surface area contributed by atoms with E-state index in [1.165, 1.54) is 13.8 Å². The molecule has 2 aromatic heterocycles. The molecule has 3 rings (SSSR count). The molecule has 0 aromatic carbocycles. The van der Waals surface area contributed by atoms with Crippen LogP contribution in [-0.2, 0) is 55.5 Å². The number of carboxylic acid groups (broad SMARTS) is 1. The summed E-state index contributed by atoms with van der Waals surface area (Å²) < 4.78 is 62.3. The smallest absolute Gasteiger partial charge is 0.481 e. The van der Waals surface area contributed by atoms with Gasteiger partial charge < -0.3 is 61.1 Å². The number of anilines is 1. The van der Waals surface area contributed by atoms with Crippen LogP contribution in [0.4, 0.5) is 5.82 Å². The van der Waals surface area contributed by atoms with Crippen molar-refractivity contribution in [1.82, 2.24) is 30.2 Å². The third-order valence-electron chi connectivity index (χ3n) is 9.88. The maximum absolute atomic E-state index is 12.7. The van der Waals surface area contributed by atoms with E-state index < -0.39 is 108 Å². The van der Waals surface area contributed by atoms with Crippen molar-refractivity contribution in [2.75, 3.05) is 37.8 Å². The van der Waals surface area contributed by atoms with E-state index in [9.17, 15) is 72.9 Å². The summed E-state index contributed by atoms with van der Waals surface area (Å²) in [5, 5.41) is 45.8. The summed E-state index contributed by atoms with van der Waals surface area (Å²) in [5.41, 5.74) is 3.90. The minimum atomic E-state index is -5.61. The van der Waals surface area contributed by atoms with E-state index in [4.69, 9.17) is 19.5 Å². The number of phosphoric acid groups is 3. The molecule has 1 aliphatic heterocycles. The van der Waals surface area contributed by atoms with Gasteiger partial charge in [-0.05, 0) is 6.42 Å². The molecule has 0 spiro atoms. The highest BCUT2D eigenvalue weighted by Gasteiger charge is 2.50. The number of carbonyl (C=O) groups excluding carboxylic acids is 3. The van der Waals surface area contributed by atoms with Gasteiger partial charge in [-0.2, -0.15) is 4.31 Å². The molecule has 1 fully saturated rings. The number of nitrogen functional groups attached to an aromatic ring is 1. The number of hydrogen-bond acceptors (Lipinski definition) is 20. The Hall–Kier alpha value is -3.27. The van der Waals surface area contributed by atoms with Crippen molar-refractivity contribution in [2.45, 2.75) is 109 Å². The van der Waals surface area contributed by atoms with E-state index in [0.29, 0.717) is 18.2 Å². The van der Waals surface area contributed by atoms with Crippen LogP contribution in [0.5, 0.6) is 0 Å². The van der Waals surface area contributed by atoms with Crippen molar-refractivity contribution in [1.29, 1.82) is 0 Å². The van der Waals surface area contributed by atoms with E-state index in [1.54, 1.807) is 0 Å². The largest absolute Gasteiger partial charge is 0.481 e. The highest BCUT2D eigenvalue weighted by Crippen LogP contribution is 2.61. The van der Waals surface area contributed by atoms with Crippen LogP contribution in [0.15, 0.2) is 24.8 Å². The van der Waals surface area contributed by atoms with Gasteiger partial charge in [0.25, 0.3) is 0 Å². The Labute approximate surface area is 382 Å². The van der Waals surface area contributed by atoms with Crippen LogP contribution < -0.4 is 16.4 Å². The Kier molecular flexibility index (Phi) is 21.9. The number of carboxylic acids is 1. The predicted octanol–water partition coefficient (Wildman–Crippen LogP) is 1.03. The number of aliphatic hydroxyl groups excluding tert-OH is 3. The molecule has 2 amide bonds. The van der Waals surface area contributed by atoms with Gasteiger partial charge in [0.1, 0.15) is 42.2 Å². The molecule has 4 unspecified atom stereocenters. The lowest BCUT2D eigenvalue weighted by atomic mass is 9.87. The van der Waals surface area contributed by atoms with Crippen molar-refractivity contribution >= 4 is 75.1 Å². The van der Waals surface area contributed by atoms with Gasteiger partial charge in [0.15, 0.2) is 17.7 Å². The fraction of sp³-hybridized carbons (Fsp3) is 0.686. The molecule has 31 heteroatoms. The Balaban J connectivity index is 1.42. The number of carbonyl (C=O) groups is 4. The second kappa shape index (κ2) is 25.4. The monoisotopic (exact) mass is 1020 g/mol. The number of nitrogens with one attached hydrogen (secondary N) is 2. The van der Waals surface area contributed by atoms with Crippen LogP contribution in [0.2, 0.25) is 0 Å². The molecule has 9 atom stereocenters. The standard InChI is InChI=1S/C35H58N7O20P3S/c1-5-6-7-8-9-10-11-21(43)24(33(48)49)20(2)34(50)66-15-14-37-23(44)12-13-38-31(47)28(46)35(3,4)17-59-65(56,57)62-64(54,55)58-16-22-27(61-63(51,52)53)26(45)32(60-22)42-19-41-25-29(36)39-18-40-30(25)42/h18-19,21-22,24,26-28,32,43,45-46H,2,5-17H2,1,3-4H3,(H,37,44)(H,38,47)(H,48,49)(H,54,55)(H,56,57)(H2,36,39,40)(H2,51,52,53)/t21?,22-,24?,26-,27-,28+,32-/m1/s1. The maximum Gasteiger partial charge on any atom is 0.481 e. The summed E-state index contributed by atoms with van der Waals surface area (Å²) in [4.78, 5) is 101. The molecule has 3 heterocycles. The number of hydrogen-bond donors (Lipinski definition) is 11. The Bertz CT molecular complexity index is 2140. The summed E-state index contributed by atoms with van der Waals surface area (Å²) in [6.45, 7) is 5.68. The van der Waals surface area contributed by atoms with Gasteiger partial charge in [-0.3, -0.25) is 37.3 Å². The van der Waals surface area contributed by atoms with Crippen molar-refractivity contribution < 1.29 is 95.5 Å². The predicted molar refractivity (Wildman–Crippen MR) is 231 cm³/mol. The van der Waals surface area contributed by atoms with E-state index >= 15 is 0 Å². The minimum absolute atomic E-state index is 0.0136. The normalized spacial score (nSPS) is 21.1. The van der Waals surface area contributed by atoms with Gasteiger partial charge in [-0.15, -0.1) is 0 Å². The zero-order valence-electron chi connectivity index (χ0n) is 36.2. The molecule has 0 saturated carbocycles. The molecule has 66 heavy (non-hydrogen) atoms. The first-order chi connectivity index (χ1) is 30.7. The first-order valence-electron chi connectivity index (χ1n) is 20.4. The number of unbranched alkanes of at least 4 members (excludes halogenated alkanes) is 5. The molecule has 1 saturated heterocycles. The van der Waals surface area contributed by atoms with Crippen LogP contribution in [0.3, 0.4) is 0 Å². The zero-order chi connectivity index (χ0) is 49.6. The number of aromatic nitrogens is 4. The third kappa shape index (κ3) is 17.7. The average Bonchev–Trinajstić information content (AvgIpc) is 3.78. The van der Waals surface area contributed by atoms with Crippen molar-refractivity contribution in [3.05, 3.63) is 24.8 Å². The van der Waals surface area contributed by atoms with Crippen LogP contribution in [-0.4, -0.2) is 145 Å². The first-order valence-corrected chi connectivity index (χ1v) is 25.9. The quantitative estimate of drug-likeness (QED) is 0.0296. The molecular weight excluding hydrogens is 963 g/mol. The molecule has 1 aliphatic rings. The van der Waals surface area contributed by atoms with Gasteiger partial charge in [-0.1, -0.05) is 77.6 Å². The number of nitrogens with two attached hydrogens (primary N) is 1. The number of amides is 2. The number of nitrogens with zero attached hydrogens (tertiary/aromatic N) is 4. The topological polar surface area (TPSA) is 421 Å². The van der Waals surface area contributed by atoms with Crippen molar-refractivity contribution in [3.63, 3.8) is 0 Å². The van der Waals surface area contributed by atoms with Gasteiger partial charge in [-0.25, -0.2) is 28.6 Å². The highest BCUT2D eigenvalue weighted by molar-refractivity contribution is 8.14. The highest BCUT2D eigenvalue weighted by atomic mass is 32.2. The lowest BCUT2D eigenvalue weighted by molar-refractivity contribution is -0.144. The Morgan fingerprint density at radius 3 is 2.29 bits per heavy atom. The van der Waals surface area contributed by atoms with Gasteiger partial charge in [0, 0.05) is 36.3 Å². The number of phosphoric ester groups is 3. The Morgan fingerprint density at radius 1 is 0.985 bits per heavy atom. The second-order valence-corrected chi connectivity index (χ2v) is 21.0. The summed E-state index contributed by atoms with van der Waals surface area (Å²) in [7, 11) is -16.5. The van der Waals surface area contributed by atoms with Crippen LogP contribution >= 0.6 is 35.2 Å². The molecule has 0 bridgehead atoms. The number of thioether (sulfide) groups is 1. The lowest BCUT2D eigenvalue weighted by Gasteiger charge is -2.30. The van der Waals surface area contributed by atoms with Crippen LogP contribution in [0.25, 0.3) is 11.2 Å². The number of aliphatic hydroxyl groups is 3. The molecule has 0 aliphatic carbocycles. The van der Waals surface area contributed by atoms with Crippen molar-refractivity contribution in [3.8, 4) is 0 Å². The number of aliphatic carboxylic acids is 1. The van der Waals surface area contributed by atoms with Crippen molar-refractivity contribution in [2.24, 2.45) is 11.3 Å². The molecule has 12 N–H and O–H groups in total. The van der Waals surface area contributed by atoms with E-state index in [-0.39, 0.29) is 54.2 Å². The zero-order valence-corrected chi connectivity index (χ0v) is 39.7. The number of fused-ring (bicyclic) bond motifs is 1.